The zero-order chi connectivity index (χ0) is 14.8. The molecule has 1 aliphatic carbocycles. The predicted molar refractivity (Wildman–Crippen MR) is 78.4 cm³/mol. The zero-order valence-electron chi connectivity index (χ0n) is 11.1. The van der Waals surface area contributed by atoms with Gasteiger partial charge in [0.1, 0.15) is 6.04 Å². The molecule has 1 atom stereocenters. The largest absolute Gasteiger partial charge is 0.480 e. The lowest BCUT2D eigenvalue weighted by Crippen LogP contribution is -2.38. The Morgan fingerprint density at radius 3 is 3.00 bits per heavy atom. The van der Waals surface area contributed by atoms with Crippen molar-refractivity contribution in [2.75, 3.05) is 0 Å². The molecule has 6 nitrogen and oxygen atoms in total. The van der Waals surface area contributed by atoms with Gasteiger partial charge in [-0.25, -0.2) is 0 Å². The van der Waals surface area contributed by atoms with Crippen molar-refractivity contribution in [2.24, 2.45) is 5.92 Å². The lowest BCUT2D eigenvalue weighted by Gasteiger charge is -2.10. The number of rotatable bonds is 6. The van der Waals surface area contributed by atoms with E-state index in [1.165, 1.54) is 0 Å². The molecule has 3 rings (SSSR count). The van der Waals surface area contributed by atoms with E-state index < -0.39 is 12.0 Å². The molecule has 7 heteroatoms. The number of carbonyl (C=O) groups is 1. The highest BCUT2D eigenvalue weighted by molar-refractivity contribution is 9.10. The van der Waals surface area contributed by atoms with Crippen LogP contribution < -0.4 is 5.32 Å². The zero-order valence-corrected chi connectivity index (χ0v) is 12.7. The number of hydrogen-bond acceptors (Lipinski definition) is 5. The first-order chi connectivity index (χ1) is 10.1. The van der Waals surface area contributed by atoms with E-state index in [1.54, 1.807) is 0 Å². The summed E-state index contributed by atoms with van der Waals surface area (Å²) < 4.78 is 6.09. The van der Waals surface area contributed by atoms with E-state index in [4.69, 9.17) is 9.63 Å². The van der Waals surface area contributed by atoms with Gasteiger partial charge in [-0.1, -0.05) is 33.2 Å². The maximum Gasteiger partial charge on any atom is 0.320 e. The molecule has 0 radical (unpaired) electrons. The standard InChI is InChI=1S/C14H14BrN3O3/c15-10-3-1-2-9(6-10)13-17-11(21-18-13)7-16-12(14(19)20)8-4-5-8/h1-3,6,8,12,16H,4-5,7H2,(H,19,20). The van der Waals surface area contributed by atoms with Crippen LogP contribution in [0, 0.1) is 5.92 Å². The van der Waals surface area contributed by atoms with Gasteiger partial charge in [0.2, 0.25) is 11.7 Å². The van der Waals surface area contributed by atoms with E-state index >= 15 is 0 Å². The number of halogens is 1. The number of nitrogens with one attached hydrogen (secondary N) is 1. The Kier molecular flexibility index (Phi) is 4.03. The molecular weight excluding hydrogens is 338 g/mol. The maximum absolute atomic E-state index is 11.1. The second-order valence-corrected chi connectivity index (χ2v) is 5.97. The number of hydrogen-bond donors (Lipinski definition) is 2. The van der Waals surface area contributed by atoms with Gasteiger partial charge in [-0.15, -0.1) is 0 Å². The summed E-state index contributed by atoms with van der Waals surface area (Å²) in [4.78, 5) is 15.4. The molecule has 0 aliphatic heterocycles. The molecule has 1 unspecified atom stereocenters. The third-order valence-electron chi connectivity index (χ3n) is 3.38. The Morgan fingerprint density at radius 2 is 2.33 bits per heavy atom. The molecule has 1 saturated carbocycles. The van der Waals surface area contributed by atoms with Crippen LogP contribution in [0.3, 0.4) is 0 Å². The van der Waals surface area contributed by atoms with Crippen LogP contribution in [0.25, 0.3) is 11.4 Å². The van der Waals surface area contributed by atoms with Crippen molar-refractivity contribution in [1.82, 2.24) is 15.5 Å². The maximum atomic E-state index is 11.1. The van der Waals surface area contributed by atoms with Crippen molar-refractivity contribution in [2.45, 2.75) is 25.4 Å². The Balaban J connectivity index is 1.66. The summed E-state index contributed by atoms with van der Waals surface area (Å²) in [5.41, 5.74) is 0.844. The number of benzene rings is 1. The lowest BCUT2D eigenvalue weighted by molar-refractivity contribution is -0.140. The lowest BCUT2D eigenvalue weighted by atomic mass is 10.2. The first kappa shape index (κ1) is 14.2. The third kappa shape index (κ3) is 3.48. The summed E-state index contributed by atoms with van der Waals surface area (Å²) in [7, 11) is 0. The molecule has 1 fully saturated rings. The molecule has 110 valence electrons. The first-order valence-corrected chi connectivity index (χ1v) is 7.47. The smallest absolute Gasteiger partial charge is 0.320 e. The van der Waals surface area contributed by atoms with Gasteiger partial charge >= 0.3 is 5.97 Å². The van der Waals surface area contributed by atoms with Crippen LogP contribution in [0.1, 0.15) is 18.7 Å². The van der Waals surface area contributed by atoms with E-state index in [-0.39, 0.29) is 12.5 Å². The monoisotopic (exact) mass is 351 g/mol. The summed E-state index contributed by atoms with van der Waals surface area (Å²) in [6.45, 7) is 0.258. The quantitative estimate of drug-likeness (QED) is 0.830. The van der Waals surface area contributed by atoms with Crippen LogP contribution in [0.5, 0.6) is 0 Å². The Morgan fingerprint density at radius 1 is 1.52 bits per heavy atom. The summed E-state index contributed by atoms with van der Waals surface area (Å²) in [5.74, 6) is 0.266. The SMILES string of the molecule is O=C(O)C(NCc1nc(-c2cccc(Br)c2)no1)C1CC1. The number of aromatic nitrogens is 2. The van der Waals surface area contributed by atoms with Crippen molar-refractivity contribution in [3.05, 3.63) is 34.6 Å². The molecule has 0 spiro atoms. The van der Waals surface area contributed by atoms with Crippen LogP contribution >= 0.6 is 15.9 Å². The molecule has 1 aromatic carbocycles. The van der Waals surface area contributed by atoms with E-state index in [1.807, 2.05) is 24.3 Å². The highest BCUT2D eigenvalue weighted by atomic mass is 79.9. The van der Waals surface area contributed by atoms with Gasteiger partial charge in [0.15, 0.2) is 0 Å². The third-order valence-corrected chi connectivity index (χ3v) is 3.88. The Hall–Kier alpha value is -1.73. The van der Waals surface area contributed by atoms with E-state index in [2.05, 4.69) is 31.4 Å². The molecular formula is C14H14BrN3O3. The molecule has 0 saturated heterocycles. The molecule has 1 heterocycles. The normalized spacial score (nSPS) is 15.9. The summed E-state index contributed by atoms with van der Waals surface area (Å²) in [6, 6.07) is 7.05. The average molecular weight is 352 g/mol. The molecule has 2 N–H and O–H groups in total. The molecule has 1 aromatic heterocycles. The average Bonchev–Trinajstić information content (AvgIpc) is 3.16. The van der Waals surface area contributed by atoms with Crippen LogP contribution in [0.2, 0.25) is 0 Å². The Bertz CT molecular complexity index is 654. The molecule has 2 aromatic rings. The van der Waals surface area contributed by atoms with Crippen molar-refractivity contribution in [3.63, 3.8) is 0 Å². The highest BCUT2D eigenvalue weighted by Crippen LogP contribution is 2.32. The highest BCUT2D eigenvalue weighted by Gasteiger charge is 2.36. The van der Waals surface area contributed by atoms with Gasteiger partial charge in [-0.05, 0) is 30.9 Å². The first-order valence-electron chi connectivity index (χ1n) is 6.68. The van der Waals surface area contributed by atoms with Crippen molar-refractivity contribution < 1.29 is 14.4 Å². The predicted octanol–water partition coefficient (Wildman–Crippen LogP) is 2.45. The fourth-order valence-corrected chi connectivity index (χ4v) is 2.55. The Labute approximate surface area is 129 Å². The number of aliphatic carboxylic acids is 1. The minimum Gasteiger partial charge on any atom is -0.480 e. The van der Waals surface area contributed by atoms with Crippen molar-refractivity contribution in [1.29, 1.82) is 0 Å². The van der Waals surface area contributed by atoms with Crippen LogP contribution in [-0.4, -0.2) is 27.3 Å². The van der Waals surface area contributed by atoms with Crippen molar-refractivity contribution >= 4 is 21.9 Å². The van der Waals surface area contributed by atoms with E-state index in [0.717, 1.165) is 22.9 Å². The summed E-state index contributed by atoms with van der Waals surface area (Å²) in [6.07, 6.45) is 1.91. The fourth-order valence-electron chi connectivity index (χ4n) is 2.15. The van der Waals surface area contributed by atoms with Gasteiger partial charge in [0.25, 0.3) is 0 Å². The number of carboxylic acids is 1. The minimum absolute atomic E-state index is 0.218. The topological polar surface area (TPSA) is 88.2 Å². The molecule has 0 bridgehead atoms. The number of nitrogens with zero attached hydrogens (tertiary/aromatic N) is 2. The second-order valence-electron chi connectivity index (χ2n) is 5.06. The van der Waals surface area contributed by atoms with E-state index in [9.17, 15) is 4.79 Å². The fraction of sp³-hybridized carbons (Fsp3) is 0.357. The number of carboxylic acid groups (broad SMARTS) is 1. The summed E-state index contributed by atoms with van der Waals surface area (Å²) in [5, 5.41) is 16.0. The van der Waals surface area contributed by atoms with Crippen molar-refractivity contribution in [3.8, 4) is 11.4 Å². The van der Waals surface area contributed by atoms with Crippen LogP contribution in [-0.2, 0) is 11.3 Å². The van der Waals surface area contributed by atoms with Gasteiger partial charge in [0, 0.05) is 10.0 Å². The van der Waals surface area contributed by atoms with Crippen LogP contribution in [0.15, 0.2) is 33.3 Å². The second kappa shape index (κ2) is 5.95. The van der Waals surface area contributed by atoms with Gasteiger partial charge < -0.3 is 9.63 Å². The van der Waals surface area contributed by atoms with Gasteiger partial charge in [-0.2, -0.15) is 4.98 Å². The molecule has 1 aliphatic rings. The van der Waals surface area contributed by atoms with Gasteiger partial charge in [-0.3, -0.25) is 10.1 Å². The molecule has 21 heavy (non-hydrogen) atoms. The van der Waals surface area contributed by atoms with Gasteiger partial charge in [0.05, 0.1) is 6.54 Å². The van der Waals surface area contributed by atoms with E-state index in [0.29, 0.717) is 11.7 Å². The molecule has 0 amide bonds. The van der Waals surface area contributed by atoms with Crippen LogP contribution in [0.4, 0.5) is 0 Å². The summed E-state index contributed by atoms with van der Waals surface area (Å²) >= 11 is 3.39. The minimum atomic E-state index is -0.829.